The van der Waals surface area contributed by atoms with Gasteiger partial charge in [-0.3, -0.25) is 9.52 Å². The first kappa shape index (κ1) is 33.4. The Hall–Kier alpha value is -4.49. The number of anilines is 1. The average Bonchev–Trinajstić information content (AvgIpc) is 3.09. The number of amides is 1. The van der Waals surface area contributed by atoms with Crippen molar-refractivity contribution >= 4 is 21.6 Å². The third-order valence-electron chi connectivity index (χ3n) is 8.83. The summed E-state index contributed by atoms with van der Waals surface area (Å²) in [5, 5.41) is 10.0. The first-order valence-electron chi connectivity index (χ1n) is 15.9. The summed E-state index contributed by atoms with van der Waals surface area (Å²) in [6, 6.07) is 23.6. The molecule has 1 aromatic heterocycles. The summed E-state index contributed by atoms with van der Waals surface area (Å²) in [6.07, 6.45) is -1.34. The summed E-state index contributed by atoms with van der Waals surface area (Å²) in [5.74, 6) is 0.454. The molecule has 0 bridgehead atoms. The van der Waals surface area contributed by atoms with Crippen molar-refractivity contribution in [1.29, 1.82) is 0 Å². The van der Waals surface area contributed by atoms with E-state index < -0.39 is 21.9 Å². The normalized spacial score (nSPS) is 16.4. The first-order valence-corrected chi connectivity index (χ1v) is 17.6. The van der Waals surface area contributed by atoms with Gasteiger partial charge in [-0.05, 0) is 97.6 Å². The second-order valence-electron chi connectivity index (χ2n) is 12.2. The van der Waals surface area contributed by atoms with Gasteiger partial charge in [0.25, 0.3) is 5.91 Å². The third-order valence-corrected chi connectivity index (χ3v) is 10.1. The number of piperidine rings is 2. The number of nitrogens with one attached hydrogen (secondary N) is 2. The lowest BCUT2D eigenvalue weighted by Crippen LogP contribution is -2.38. The number of aromatic nitrogens is 2. The van der Waals surface area contributed by atoms with Crippen LogP contribution in [0.4, 0.5) is 18.9 Å². The number of carbonyl (C=O) groups is 1. The van der Waals surface area contributed by atoms with Gasteiger partial charge >= 0.3 is 6.18 Å². The van der Waals surface area contributed by atoms with Gasteiger partial charge in [-0.25, -0.2) is 8.42 Å². The molecule has 2 saturated heterocycles. The van der Waals surface area contributed by atoms with E-state index in [0.29, 0.717) is 35.7 Å². The maximum absolute atomic E-state index is 13.7. The maximum atomic E-state index is 13.7. The number of ether oxygens (including phenoxy) is 1. The number of hydrogen-bond acceptors (Lipinski definition) is 7. The third kappa shape index (κ3) is 8.32. The highest BCUT2D eigenvalue weighted by molar-refractivity contribution is 7.91. The molecule has 2 aliphatic heterocycles. The Morgan fingerprint density at radius 3 is 2.23 bits per heavy atom. The van der Waals surface area contributed by atoms with Crippen molar-refractivity contribution in [3.05, 3.63) is 113 Å². The van der Waals surface area contributed by atoms with Crippen LogP contribution in [-0.4, -0.2) is 55.6 Å². The lowest BCUT2D eigenvalue weighted by Gasteiger charge is -2.32. The van der Waals surface area contributed by atoms with E-state index in [4.69, 9.17) is 4.74 Å². The van der Waals surface area contributed by atoms with Crippen molar-refractivity contribution in [3.8, 4) is 11.6 Å². The second-order valence-corrected chi connectivity index (χ2v) is 13.9. The van der Waals surface area contributed by atoms with Gasteiger partial charge < -0.3 is 15.0 Å². The standard InChI is InChI=1S/C35H36F3N5O4S/c36-35(37,38)32-12-13-33(41-40-32)47-29-9-6-25(7-10-29)26-16-20-43(21-17-26)34(44)28-8-11-30(27-14-18-39-19-15-27)31(22-28)42-48(45,46)23-24-4-2-1-3-5-24/h1-13,22,26-27,39,42H,14-21,23H2. The molecule has 0 saturated carbocycles. The van der Waals surface area contributed by atoms with Crippen LogP contribution in [0.25, 0.3) is 0 Å². The largest absolute Gasteiger partial charge is 0.438 e. The van der Waals surface area contributed by atoms with E-state index >= 15 is 0 Å². The molecule has 6 rings (SSSR count). The van der Waals surface area contributed by atoms with Crippen molar-refractivity contribution in [2.75, 3.05) is 30.9 Å². The molecule has 0 atom stereocenters. The van der Waals surface area contributed by atoms with Crippen LogP contribution in [0.2, 0.25) is 0 Å². The predicted octanol–water partition coefficient (Wildman–Crippen LogP) is 6.72. The van der Waals surface area contributed by atoms with Crippen molar-refractivity contribution in [2.45, 2.75) is 49.4 Å². The van der Waals surface area contributed by atoms with Crippen LogP contribution < -0.4 is 14.8 Å². The van der Waals surface area contributed by atoms with E-state index in [1.165, 1.54) is 0 Å². The number of hydrogen-bond donors (Lipinski definition) is 2. The Labute approximate surface area is 277 Å². The molecule has 2 aliphatic rings. The number of carbonyl (C=O) groups excluding carboxylic acids is 1. The van der Waals surface area contributed by atoms with E-state index in [1.54, 1.807) is 53.4 Å². The summed E-state index contributed by atoms with van der Waals surface area (Å²) in [4.78, 5) is 15.5. The highest BCUT2D eigenvalue weighted by atomic mass is 32.2. The summed E-state index contributed by atoms with van der Waals surface area (Å²) in [6.45, 7) is 2.77. The molecular weight excluding hydrogens is 643 g/mol. The Morgan fingerprint density at radius 1 is 0.875 bits per heavy atom. The maximum Gasteiger partial charge on any atom is 0.435 e. The van der Waals surface area contributed by atoms with Gasteiger partial charge in [0.1, 0.15) is 5.75 Å². The molecule has 13 heteroatoms. The predicted molar refractivity (Wildman–Crippen MR) is 175 cm³/mol. The van der Waals surface area contributed by atoms with Crippen LogP contribution >= 0.6 is 0 Å². The van der Waals surface area contributed by atoms with Crippen LogP contribution in [0.3, 0.4) is 0 Å². The van der Waals surface area contributed by atoms with Crippen molar-refractivity contribution in [2.24, 2.45) is 0 Å². The van der Waals surface area contributed by atoms with Crippen molar-refractivity contribution in [1.82, 2.24) is 20.4 Å². The Bertz CT molecular complexity index is 1810. The minimum atomic E-state index is -4.57. The van der Waals surface area contributed by atoms with E-state index in [2.05, 4.69) is 20.2 Å². The quantitative estimate of drug-likeness (QED) is 0.202. The minimum Gasteiger partial charge on any atom is -0.438 e. The number of alkyl halides is 3. The molecule has 2 fully saturated rings. The molecule has 48 heavy (non-hydrogen) atoms. The van der Waals surface area contributed by atoms with Gasteiger partial charge in [0, 0.05) is 24.7 Å². The lowest BCUT2D eigenvalue weighted by molar-refractivity contribution is -0.141. The van der Waals surface area contributed by atoms with Crippen LogP contribution in [0.1, 0.15) is 70.3 Å². The van der Waals surface area contributed by atoms with Crippen molar-refractivity contribution in [3.63, 3.8) is 0 Å². The first-order chi connectivity index (χ1) is 23.0. The molecule has 9 nitrogen and oxygen atoms in total. The molecule has 252 valence electrons. The fourth-order valence-electron chi connectivity index (χ4n) is 6.32. The fourth-order valence-corrected chi connectivity index (χ4v) is 7.53. The van der Waals surface area contributed by atoms with Gasteiger partial charge in [0.05, 0.1) is 11.4 Å². The molecule has 0 spiro atoms. The zero-order valence-electron chi connectivity index (χ0n) is 26.1. The molecule has 4 aromatic rings. The number of likely N-dealkylation sites (tertiary alicyclic amines) is 1. The molecule has 1 amide bonds. The monoisotopic (exact) mass is 679 g/mol. The molecule has 0 aliphatic carbocycles. The summed E-state index contributed by atoms with van der Waals surface area (Å²) >= 11 is 0. The molecule has 0 radical (unpaired) electrons. The summed E-state index contributed by atoms with van der Waals surface area (Å²) in [7, 11) is -3.73. The van der Waals surface area contributed by atoms with Gasteiger partial charge in [0.2, 0.25) is 15.9 Å². The lowest BCUT2D eigenvalue weighted by atomic mass is 9.88. The molecule has 3 heterocycles. The van der Waals surface area contributed by atoms with Crippen molar-refractivity contribution < 1.29 is 31.1 Å². The van der Waals surface area contributed by atoms with Gasteiger partial charge in [0.15, 0.2) is 5.69 Å². The van der Waals surface area contributed by atoms with Gasteiger partial charge in [-0.1, -0.05) is 48.5 Å². The van der Waals surface area contributed by atoms with Gasteiger partial charge in [-0.15, -0.1) is 10.2 Å². The zero-order valence-corrected chi connectivity index (χ0v) is 26.9. The van der Waals surface area contributed by atoms with E-state index in [9.17, 15) is 26.4 Å². The smallest absolute Gasteiger partial charge is 0.435 e. The Balaban J connectivity index is 1.10. The average molecular weight is 680 g/mol. The number of rotatable bonds is 9. The summed E-state index contributed by atoms with van der Waals surface area (Å²) < 4.78 is 73.1. The van der Waals surface area contributed by atoms with Gasteiger partial charge in [-0.2, -0.15) is 13.2 Å². The van der Waals surface area contributed by atoms with Crippen LogP contribution in [0.5, 0.6) is 11.6 Å². The van der Waals surface area contributed by atoms with Crippen LogP contribution in [0, 0.1) is 0 Å². The highest BCUT2D eigenvalue weighted by Crippen LogP contribution is 2.35. The van der Waals surface area contributed by atoms with E-state index in [-0.39, 0.29) is 29.4 Å². The number of benzene rings is 3. The topological polar surface area (TPSA) is 114 Å². The molecular formula is C35H36F3N5O4S. The van der Waals surface area contributed by atoms with E-state index in [0.717, 1.165) is 62.0 Å². The highest BCUT2D eigenvalue weighted by Gasteiger charge is 2.33. The Morgan fingerprint density at radius 2 is 1.58 bits per heavy atom. The molecule has 0 unspecified atom stereocenters. The minimum absolute atomic E-state index is 0.0431. The Kier molecular flexibility index (Phi) is 9.97. The fraction of sp³-hybridized carbons (Fsp3) is 0.343. The van der Waals surface area contributed by atoms with E-state index in [1.807, 2.05) is 24.3 Å². The number of nitrogens with zero attached hydrogens (tertiary/aromatic N) is 3. The van der Waals surface area contributed by atoms with Crippen LogP contribution in [0.15, 0.2) is 84.9 Å². The SMILES string of the molecule is O=C(c1ccc(C2CCNCC2)c(NS(=O)(=O)Cc2ccccc2)c1)N1CCC(c2ccc(Oc3ccc(C(F)(F)F)nn3)cc2)CC1. The molecule has 3 aromatic carbocycles. The number of sulfonamides is 1. The van der Waals surface area contributed by atoms with Crippen LogP contribution in [-0.2, 0) is 22.0 Å². The zero-order chi connectivity index (χ0) is 33.7. The summed E-state index contributed by atoms with van der Waals surface area (Å²) in [5.41, 5.74) is 2.46. The molecule has 2 N–H and O–H groups in total. The number of halogens is 3. The second kappa shape index (κ2) is 14.3.